The smallest absolute Gasteiger partial charge is 0.434 e. The Morgan fingerprint density at radius 2 is 1.62 bits per heavy atom. The van der Waals surface area contributed by atoms with E-state index in [2.05, 4.69) is 55.5 Å². The lowest BCUT2D eigenvalue weighted by molar-refractivity contribution is -0.137. The Morgan fingerprint density at radius 1 is 1.03 bits per heavy atom. The Bertz CT molecular complexity index is 860. The van der Waals surface area contributed by atoms with E-state index in [1.165, 1.54) is 15.4 Å². The lowest BCUT2D eigenvalue weighted by atomic mass is 10.0. The Kier molecular flexibility index (Phi) is 6.74. The molecule has 2 saturated heterocycles. The van der Waals surface area contributed by atoms with Gasteiger partial charge in [0, 0.05) is 5.54 Å². The molecule has 4 rings (SSSR count). The molecule has 2 aliphatic heterocycles. The van der Waals surface area contributed by atoms with Gasteiger partial charge in [-0.25, -0.2) is 4.79 Å². The number of amides is 1. The molecule has 2 aliphatic rings. The molecule has 1 amide bonds. The van der Waals surface area contributed by atoms with E-state index >= 15 is 0 Å². The molecule has 2 aromatic carbocycles. The number of nitrogens with zero attached hydrogens (tertiary/aromatic N) is 1. The van der Waals surface area contributed by atoms with Crippen molar-refractivity contribution in [1.29, 1.82) is 0 Å². The normalized spacial score (nSPS) is 24.4. The van der Waals surface area contributed by atoms with Gasteiger partial charge >= 0.3 is 6.09 Å². The molecule has 3 atom stereocenters. The minimum absolute atomic E-state index is 0.0753. The summed E-state index contributed by atoms with van der Waals surface area (Å²) in [5.74, 6) is 0. The number of rotatable bonds is 6. The van der Waals surface area contributed by atoms with E-state index < -0.39 is 20.0 Å². The van der Waals surface area contributed by atoms with Crippen LogP contribution in [-0.4, -0.2) is 43.8 Å². The molecule has 0 saturated carbocycles. The molecule has 0 unspecified atom stereocenters. The van der Waals surface area contributed by atoms with Gasteiger partial charge in [-0.05, 0) is 37.6 Å². The molecule has 0 radical (unpaired) electrons. The van der Waals surface area contributed by atoms with Gasteiger partial charge < -0.3 is 9.16 Å². The van der Waals surface area contributed by atoms with Crippen LogP contribution in [0.1, 0.15) is 53.4 Å². The second kappa shape index (κ2) is 9.38. The van der Waals surface area contributed by atoms with E-state index in [0.717, 1.165) is 25.7 Å². The maximum absolute atomic E-state index is 13.1. The van der Waals surface area contributed by atoms with E-state index in [1.807, 2.05) is 32.9 Å². The third-order valence-corrected chi connectivity index (χ3v) is 11.0. The Balaban J connectivity index is 1.77. The second-order valence-corrected chi connectivity index (χ2v) is 13.4. The molecule has 32 heavy (non-hydrogen) atoms. The minimum atomic E-state index is -2.66. The summed E-state index contributed by atoms with van der Waals surface area (Å²) in [4.78, 5) is 19.2. The largest absolute Gasteiger partial charge is 0.442 e. The van der Waals surface area contributed by atoms with Crippen molar-refractivity contribution in [3.63, 3.8) is 0 Å². The Morgan fingerprint density at radius 3 is 2.16 bits per heavy atom. The number of hydrogen-bond acceptors (Lipinski definition) is 4. The number of ether oxygens (including phenoxy) is 1. The summed E-state index contributed by atoms with van der Waals surface area (Å²) in [6, 6.07) is 21.0. The standard InChI is InChI=1S/C26H35NO4Si/c1-5-6-9-18-22-24-23(19-29-27(24)25(28)30-26(2,3)4)32(31-22,20-14-10-7-11-15-20)21-16-12-8-13-17-21/h7-8,10-17,22-24H,5-6,9,18-19H2,1-4H3/t22-,23-,24-/m1/s1. The fourth-order valence-electron chi connectivity index (χ4n) is 5.08. The highest BCUT2D eigenvalue weighted by Gasteiger charge is 2.65. The van der Waals surface area contributed by atoms with E-state index in [-0.39, 0.29) is 17.7 Å². The van der Waals surface area contributed by atoms with Crippen LogP contribution in [0.3, 0.4) is 0 Å². The zero-order chi connectivity index (χ0) is 22.8. The second-order valence-electron chi connectivity index (χ2n) is 9.82. The third kappa shape index (κ3) is 4.36. The molecule has 0 N–H and O–H groups in total. The molecule has 2 fully saturated rings. The van der Waals surface area contributed by atoms with Gasteiger partial charge in [0.1, 0.15) is 5.60 Å². The molecule has 0 aliphatic carbocycles. The Labute approximate surface area is 192 Å². The molecule has 6 heteroatoms. The van der Waals surface area contributed by atoms with Gasteiger partial charge in [0.15, 0.2) is 0 Å². The SMILES string of the molecule is CCCCC[C@H]1O[Si](c2ccccc2)(c2ccccc2)[C@@H]2CON(C(=O)OC(C)(C)C)[C@@H]21. The number of hydrogen-bond donors (Lipinski definition) is 0. The molecule has 0 bridgehead atoms. The number of unbranched alkanes of at least 4 members (excludes halogenated alkanes) is 2. The molecule has 0 aromatic heterocycles. The summed E-state index contributed by atoms with van der Waals surface area (Å²) < 4.78 is 12.9. The first-order chi connectivity index (χ1) is 15.4. The van der Waals surface area contributed by atoms with Crippen molar-refractivity contribution in [2.24, 2.45) is 0 Å². The highest BCUT2D eigenvalue weighted by molar-refractivity contribution is 6.99. The monoisotopic (exact) mass is 453 g/mol. The van der Waals surface area contributed by atoms with Crippen molar-refractivity contribution in [3.8, 4) is 0 Å². The molecule has 2 aromatic rings. The molecular weight excluding hydrogens is 418 g/mol. The van der Waals surface area contributed by atoms with Gasteiger partial charge in [-0.3, -0.25) is 4.84 Å². The van der Waals surface area contributed by atoms with Crippen molar-refractivity contribution in [2.45, 2.75) is 76.7 Å². The van der Waals surface area contributed by atoms with Crippen LogP contribution >= 0.6 is 0 Å². The van der Waals surface area contributed by atoms with E-state index in [0.29, 0.717) is 6.61 Å². The van der Waals surface area contributed by atoms with Crippen LogP contribution in [-0.2, 0) is 14.0 Å². The van der Waals surface area contributed by atoms with Gasteiger partial charge in [0.05, 0.1) is 18.8 Å². The number of fused-ring (bicyclic) bond motifs is 1. The topological polar surface area (TPSA) is 48.0 Å². The first-order valence-electron chi connectivity index (χ1n) is 11.8. The van der Waals surface area contributed by atoms with Crippen LogP contribution in [0.4, 0.5) is 4.79 Å². The fraction of sp³-hybridized carbons (Fsp3) is 0.500. The van der Waals surface area contributed by atoms with Crippen molar-refractivity contribution in [2.75, 3.05) is 6.61 Å². The summed E-state index contributed by atoms with van der Waals surface area (Å²) in [5.41, 5.74) is -0.477. The highest BCUT2D eigenvalue weighted by atomic mass is 28.4. The summed E-state index contributed by atoms with van der Waals surface area (Å²) in [5, 5.41) is 3.95. The molecular formula is C26H35NO4Si. The van der Waals surface area contributed by atoms with Gasteiger partial charge in [0.2, 0.25) is 0 Å². The summed E-state index contributed by atoms with van der Waals surface area (Å²) in [7, 11) is -2.66. The van der Waals surface area contributed by atoms with Crippen LogP contribution in [0, 0.1) is 0 Å². The van der Waals surface area contributed by atoms with Crippen molar-refractivity contribution >= 4 is 24.8 Å². The summed E-state index contributed by atoms with van der Waals surface area (Å²) in [6.45, 7) is 8.32. The zero-order valence-electron chi connectivity index (χ0n) is 19.6. The quantitative estimate of drug-likeness (QED) is 0.472. The Hall–Kier alpha value is -2.15. The zero-order valence-corrected chi connectivity index (χ0v) is 20.6. The summed E-state index contributed by atoms with van der Waals surface area (Å²) in [6.07, 6.45) is 3.78. The lowest BCUT2D eigenvalue weighted by Gasteiger charge is -2.32. The molecule has 5 nitrogen and oxygen atoms in total. The number of hydroxylamine groups is 2. The van der Waals surface area contributed by atoms with E-state index in [9.17, 15) is 4.79 Å². The van der Waals surface area contributed by atoms with Crippen LogP contribution < -0.4 is 10.4 Å². The lowest BCUT2D eigenvalue weighted by Crippen LogP contribution is -2.62. The minimum Gasteiger partial charge on any atom is -0.442 e. The average molecular weight is 454 g/mol. The van der Waals surface area contributed by atoms with Crippen LogP contribution in [0.2, 0.25) is 5.54 Å². The van der Waals surface area contributed by atoms with E-state index in [1.54, 1.807) is 0 Å². The van der Waals surface area contributed by atoms with Gasteiger partial charge in [-0.1, -0.05) is 86.8 Å². The molecule has 2 heterocycles. The van der Waals surface area contributed by atoms with E-state index in [4.69, 9.17) is 14.0 Å². The van der Waals surface area contributed by atoms with Crippen LogP contribution in [0.15, 0.2) is 60.7 Å². The number of benzene rings is 2. The van der Waals surface area contributed by atoms with Gasteiger partial charge in [0.25, 0.3) is 8.32 Å². The first kappa shape index (κ1) is 23.0. The van der Waals surface area contributed by atoms with Crippen LogP contribution in [0.25, 0.3) is 0 Å². The fourth-order valence-corrected chi connectivity index (χ4v) is 9.97. The number of carbonyl (C=O) groups excluding carboxylic acids is 1. The van der Waals surface area contributed by atoms with Gasteiger partial charge in [-0.2, -0.15) is 5.06 Å². The number of carbonyl (C=O) groups is 1. The average Bonchev–Trinajstić information content (AvgIpc) is 3.34. The van der Waals surface area contributed by atoms with Crippen molar-refractivity contribution in [3.05, 3.63) is 60.7 Å². The highest BCUT2D eigenvalue weighted by Crippen LogP contribution is 2.46. The molecule has 172 valence electrons. The predicted molar refractivity (Wildman–Crippen MR) is 128 cm³/mol. The maximum Gasteiger partial charge on any atom is 0.434 e. The predicted octanol–water partition coefficient (Wildman–Crippen LogP) is 4.65. The first-order valence-corrected chi connectivity index (χ1v) is 13.8. The molecule has 0 spiro atoms. The van der Waals surface area contributed by atoms with Crippen molar-refractivity contribution in [1.82, 2.24) is 5.06 Å². The third-order valence-electron chi connectivity index (χ3n) is 6.39. The van der Waals surface area contributed by atoms with Crippen molar-refractivity contribution < 1.29 is 18.8 Å². The summed E-state index contributed by atoms with van der Waals surface area (Å²) >= 11 is 0. The van der Waals surface area contributed by atoms with Crippen LogP contribution in [0.5, 0.6) is 0 Å². The maximum atomic E-state index is 13.1. The van der Waals surface area contributed by atoms with Gasteiger partial charge in [-0.15, -0.1) is 0 Å².